The molecule has 0 bridgehead atoms. The highest BCUT2D eigenvalue weighted by Crippen LogP contribution is 2.11. The molecule has 0 aromatic heterocycles. The van der Waals surface area contributed by atoms with Gasteiger partial charge in [-0.3, -0.25) is 4.79 Å². The number of benzene rings is 1. The Morgan fingerprint density at radius 3 is 2.48 bits per heavy atom. The van der Waals surface area contributed by atoms with Crippen molar-refractivity contribution in [2.24, 2.45) is 0 Å². The van der Waals surface area contributed by atoms with Crippen molar-refractivity contribution in [3.05, 3.63) is 29.8 Å². The average molecular weight is 293 g/mol. The zero-order valence-electron chi connectivity index (χ0n) is 13.3. The third kappa shape index (κ3) is 8.32. The van der Waals surface area contributed by atoms with Gasteiger partial charge in [-0.1, -0.05) is 12.1 Å². The summed E-state index contributed by atoms with van der Waals surface area (Å²) in [6, 6.07) is 7.92. The van der Waals surface area contributed by atoms with E-state index in [9.17, 15) is 4.79 Å². The van der Waals surface area contributed by atoms with Crippen LogP contribution >= 0.6 is 0 Å². The summed E-state index contributed by atoms with van der Waals surface area (Å²) in [6.45, 7) is 3.29. The Bertz CT molecular complexity index is 404. The van der Waals surface area contributed by atoms with E-state index in [4.69, 9.17) is 4.74 Å². The molecule has 0 aliphatic rings. The van der Waals surface area contributed by atoms with Gasteiger partial charge in [0, 0.05) is 32.6 Å². The molecule has 1 amide bonds. The molecule has 21 heavy (non-hydrogen) atoms. The molecule has 0 saturated heterocycles. The Hall–Kier alpha value is -1.59. The van der Waals surface area contributed by atoms with Crippen molar-refractivity contribution in [2.45, 2.75) is 12.8 Å². The highest BCUT2D eigenvalue weighted by atomic mass is 16.5. The van der Waals surface area contributed by atoms with Crippen LogP contribution in [0, 0.1) is 0 Å². The second-order valence-corrected chi connectivity index (χ2v) is 5.25. The predicted molar refractivity (Wildman–Crippen MR) is 85.7 cm³/mol. The van der Waals surface area contributed by atoms with Crippen molar-refractivity contribution in [3.63, 3.8) is 0 Å². The lowest BCUT2D eigenvalue weighted by atomic mass is 10.1. The van der Waals surface area contributed by atoms with Crippen molar-refractivity contribution in [3.8, 4) is 5.75 Å². The van der Waals surface area contributed by atoms with Crippen molar-refractivity contribution >= 4 is 5.91 Å². The fraction of sp³-hybridized carbons (Fsp3) is 0.562. The van der Waals surface area contributed by atoms with Crippen LogP contribution in [0.3, 0.4) is 0 Å². The van der Waals surface area contributed by atoms with Gasteiger partial charge in [-0.15, -0.1) is 0 Å². The van der Waals surface area contributed by atoms with Gasteiger partial charge in [0.2, 0.25) is 5.91 Å². The molecule has 0 radical (unpaired) electrons. The Labute approximate surface area is 127 Å². The van der Waals surface area contributed by atoms with Crippen molar-refractivity contribution in [2.75, 3.05) is 47.4 Å². The van der Waals surface area contributed by atoms with Crippen molar-refractivity contribution < 1.29 is 9.53 Å². The summed E-state index contributed by atoms with van der Waals surface area (Å²) in [5, 5.41) is 6.19. The second-order valence-electron chi connectivity index (χ2n) is 5.25. The molecule has 0 unspecified atom stereocenters. The van der Waals surface area contributed by atoms with E-state index in [1.165, 1.54) is 5.56 Å². The van der Waals surface area contributed by atoms with Gasteiger partial charge in [-0.2, -0.15) is 0 Å². The fourth-order valence-electron chi connectivity index (χ4n) is 1.86. The number of likely N-dealkylation sites (N-methyl/N-ethyl adjacent to an activating group) is 1. The fourth-order valence-corrected chi connectivity index (χ4v) is 1.86. The minimum Gasteiger partial charge on any atom is -0.497 e. The Morgan fingerprint density at radius 2 is 1.86 bits per heavy atom. The first kappa shape index (κ1) is 17.5. The van der Waals surface area contributed by atoms with Crippen LogP contribution in [0.4, 0.5) is 0 Å². The number of nitrogens with one attached hydrogen (secondary N) is 2. The molecule has 1 aromatic carbocycles. The third-order valence-corrected chi connectivity index (χ3v) is 3.16. The zero-order chi connectivity index (χ0) is 15.5. The van der Waals surface area contributed by atoms with Crippen molar-refractivity contribution in [1.29, 1.82) is 0 Å². The van der Waals surface area contributed by atoms with Gasteiger partial charge in [-0.25, -0.2) is 0 Å². The van der Waals surface area contributed by atoms with Crippen LogP contribution in [0.25, 0.3) is 0 Å². The van der Waals surface area contributed by atoms with Gasteiger partial charge in [0.05, 0.1) is 7.11 Å². The second kappa shape index (κ2) is 10.2. The van der Waals surface area contributed by atoms with Crippen LogP contribution in [0.15, 0.2) is 24.3 Å². The maximum Gasteiger partial charge on any atom is 0.221 e. The molecule has 1 aromatic rings. The van der Waals surface area contributed by atoms with Crippen molar-refractivity contribution in [1.82, 2.24) is 15.5 Å². The molecule has 0 aliphatic carbocycles. The summed E-state index contributed by atoms with van der Waals surface area (Å²) in [4.78, 5) is 13.8. The smallest absolute Gasteiger partial charge is 0.221 e. The summed E-state index contributed by atoms with van der Waals surface area (Å²) in [7, 11) is 5.73. The third-order valence-electron chi connectivity index (χ3n) is 3.16. The van der Waals surface area contributed by atoms with Crippen LogP contribution in [-0.2, 0) is 11.2 Å². The largest absolute Gasteiger partial charge is 0.497 e. The van der Waals surface area contributed by atoms with Gasteiger partial charge in [0.25, 0.3) is 0 Å². The molecular formula is C16H27N3O2. The highest BCUT2D eigenvalue weighted by Gasteiger charge is 2.01. The van der Waals surface area contributed by atoms with Crippen LogP contribution in [-0.4, -0.2) is 58.2 Å². The molecule has 0 saturated carbocycles. The minimum absolute atomic E-state index is 0.0980. The van der Waals surface area contributed by atoms with E-state index in [1.54, 1.807) is 7.11 Å². The van der Waals surface area contributed by atoms with Crippen LogP contribution in [0.2, 0.25) is 0 Å². The first-order chi connectivity index (χ1) is 10.1. The SMILES string of the molecule is COc1ccc(CCNC(=O)CCNCCN(C)C)cc1. The van der Waals surface area contributed by atoms with Crippen LogP contribution in [0.1, 0.15) is 12.0 Å². The van der Waals surface area contributed by atoms with E-state index < -0.39 is 0 Å². The lowest BCUT2D eigenvalue weighted by molar-refractivity contribution is -0.120. The first-order valence-electron chi connectivity index (χ1n) is 7.37. The standard InChI is InChI=1S/C16H27N3O2/c1-19(2)13-12-17-10-9-16(20)18-11-8-14-4-6-15(21-3)7-5-14/h4-7,17H,8-13H2,1-3H3,(H,18,20). The molecule has 2 N–H and O–H groups in total. The number of ether oxygens (including phenoxy) is 1. The summed E-state index contributed by atoms with van der Waals surface area (Å²) in [6.07, 6.45) is 1.36. The number of hydrogen-bond acceptors (Lipinski definition) is 4. The molecule has 5 heteroatoms. The van der Waals surface area contributed by atoms with Gasteiger partial charge in [0.15, 0.2) is 0 Å². The molecular weight excluding hydrogens is 266 g/mol. The summed E-state index contributed by atoms with van der Waals surface area (Å²) >= 11 is 0. The Balaban J connectivity index is 2.07. The molecule has 0 heterocycles. The van der Waals surface area contributed by atoms with E-state index >= 15 is 0 Å². The van der Waals surface area contributed by atoms with Crippen LogP contribution < -0.4 is 15.4 Å². The molecule has 0 atom stereocenters. The molecule has 0 aliphatic heterocycles. The first-order valence-corrected chi connectivity index (χ1v) is 7.37. The molecule has 5 nitrogen and oxygen atoms in total. The minimum atomic E-state index is 0.0980. The highest BCUT2D eigenvalue weighted by molar-refractivity contribution is 5.76. The number of carbonyl (C=O) groups excluding carboxylic acids is 1. The van der Waals surface area contributed by atoms with E-state index in [0.717, 1.165) is 31.8 Å². The maximum absolute atomic E-state index is 11.6. The number of amides is 1. The van der Waals surface area contributed by atoms with E-state index in [-0.39, 0.29) is 5.91 Å². The summed E-state index contributed by atoms with van der Waals surface area (Å²) in [5.74, 6) is 0.951. The normalized spacial score (nSPS) is 10.7. The lowest BCUT2D eigenvalue weighted by Crippen LogP contribution is -2.32. The number of hydrogen-bond donors (Lipinski definition) is 2. The number of rotatable bonds is 10. The lowest BCUT2D eigenvalue weighted by Gasteiger charge is -2.10. The number of carbonyl (C=O) groups is 1. The van der Waals surface area contributed by atoms with Gasteiger partial charge in [0.1, 0.15) is 5.75 Å². The van der Waals surface area contributed by atoms with E-state index in [2.05, 4.69) is 15.5 Å². The van der Waals surface area contributed by atoms with Gasteiger partial charge >= 0.3 is 0 Å². The quantitative estimate of drug-likeness (QED) is 0.629. The number of nitrogens with zero attached hydrogens (tertiary/aromatic N) is 1. The topological polar surface area (TPSA) is 53.6 Å². The van der Waals surface area contributed by atoms with Crippen LogP contribution in [0.5, 0.6) is 5.75 Å². The Kier molecular flexibility index (Phi) is 8.47. The molecule has 118 valence electrons. The van der Waals surface area contributed by atoms with Gasteiger partial charge < -0.3 is 20.3 Å². The predicted octanol–water partition coefficient (Wildman–Crippen LogP) is 0.895. The van der Waals surface area contributed by atoms with E-state index in [1.807, 2.05) is 38.4 Å². The van der Waals surface area contributed by atoms with Gasteiger partial charge in [-0.05, 0) is 38.2 Å². The Morgan fingerprint density at radius 1 is 1.14 bits per heavy atom. The zero-order valence-corrected chi connectivity index (χ0v) is 13.3. The summed E-state index contributed by atoms with van der Waals surface area (Å²) in [5.41, 5.74) is 1.19. The van der Waals surface area contributed by atoms with E-state index in [0.29, 0.717) is 13.0 Å². The molecule has 0 spiro atoms. The number of methoxy groups -OCH3 is 1. The molecule has 1 rings (SSSR count). The maximum atomic E-state index is 11.6. The monoisotopic (exact) mass is 293 g/mol. The molecule has 0 fully saturated rings. The average Bonchev–Trinajstić information content (AvgIpc) is 2.47. The summed E-state index contributed by atoms with van der Waals surface area (Å²) < 4.78 is 5.11.